The summed E-state index contributed by atoms with van der Waals surface area (Å²) in [6.07, 6.45) is 5.58. The molecule has 0 bridgehead atoms. The molecule has 1 saturated heterocycles. The van der Waals surface area contributed by atoms with Gasteiger partial charge in [0.05, 0.1) is 18.9 Å². The van der Waals surface area contributed by atoms with Crippen LogP contribution in [-0.4, -0.2) is 46.9 Å². The van der Waals surface area contributed by atoms with E-state index >= 15 is 0 Å². The van der Waals surface area contributed by atoms with E-state index in [9.17, 15) is 0 Å². The van der Waals surface area contributed by atoms with Crippen molar-refractivity contribution in [1.82, 2.24) is 20.2 Å². The minimum atomic E-state index is 0.625. The molecule has 0 saturated carbocycles. The van der Waals surface area contributed by atoms with Gasteiger partial charge in [0.1, 0.15) is 5.75 Å². The number of hydrogen-bond acceptors (Lipinski definition) is 6. The van der Waals surface area contributed by atoms with Crippen molar-refractivity contribution in [3.63, 3.8) is 0 Å². The van der Waals surface area contributed by atoms with Crippen molar-refractivity contribution in [3.05, 3.63) is 18.5 Å². The van der Waals surface area contributed by atoms with Gasteiger partial charge in [0.2, 0.25) is 5.95 Å². The van der Waals surface area contributed by atoms with Gasteiger partial charge in [-0.1, -0.05) is 0 Å². The molecule has 7 nitrogen and oxygen atoms in total. The fraction of sp³-hybridized carbons (Fsp3) is 0.500. The van der Waals surface area contributed by atoms with Crippen molar-refractivity contribution in [3.8, 4) is 17.1 Å². The fourth-order valence-electron chi connectivity index (χ4n) is 2.62. The normalized spacial score (nSPS) is 16.2. The molecule has 112 valence electrons. The smallest absolute Gasteiger partial charge is 0.245 e. The summed E-state index contributed by atoms with van der Waals surface area (Å²) >= 11 is 0. The summed E-state index contributed by atoms with van der Waals surface area (Å²) in [5, 5.41) is 7.31. The lowest BCUT2D eigenvalue weighted by Crippen LogP contribution is -2.36. The van der Waals surface area contributed by atoms with Gasteiger partial charge in [-0.25, -0.2) is 0 Å². The standard InChI is InChI=1S/C14H20N6O/c1-21-12-9-16-5-2-11(12)13-17-14(19-18-13)20-6-3-10(8-15)4-7-20/h2,5,9-10H,3-4,6-8,15H2,1H3,(H,17,18,19). The highest BCUT2D eigenvalue weighted by atomic mass is 16.5. The van der Waals surface area contributed by atoms with Crippen molar-refractivity contribution in [1.29, 1.82) is 0 Å². The first-order chi connectivity index (χ1) is 10.3. The zero-order valence-corrected chi connectivity index (χ0v) is 12.1. The van der Waals surface area contributed by atoms with Gasteiger partial charge in [-0.15, -0.1) is 5.10 Å². The molecule has 1 fully saturated rings. The molecule has 3 N–H and O–H groups in total. The number of anilines is 1. The van der Waals surface area contributed by atoms with E-state index in [0.29, 0.717) is 17.5 Å². The number of nitrogens with one attached hydrogen (secondary N) is 1. The molecular weight excluding hydrogens is 268 g/mol. The van der Waals surface area contributed by atoms with Gasteiger partial charge in [-0.2, -0.15) is 4.98 Å². The van der Waals surface area contributed by atoms with E-state index in [4.69, 9.17) is 10.5 Å². The number of rotatable bonds is 4. The maximum Gasteiger partial charge on any atom is 0.245 e. The number of piperidine rings is 1. The van der Waals surface area contributed by atoms with E-state index in [-0.39, 0.29) is 0 Å². The summed E-state index contributed by atoms with van der Waals surface area (Å²) in [7, 11) is 1.62. The van der Waals surface area contributed by atoms with E-state index in [1.807, 2.05) is 6.07 Å². The summed E-state index contributed by atoms with van der Waals surface area (Å²) in [5.74, 6) is 2.74. The number of nitrogens with two attached hydrogens (primary N) is 1. The molecule has 1 aliphatic rings. The molecule has 0 spiro atoms. The molecule has 0 atom stereocenters. The van der Waals surface area contributed by atoms with Crippen LogP contribution in [0.15, 0.2) is 18.5 Å². The molecule has 0 unspecified atom stereocenters. The van der Waals surface area contributed by atoms with Crippen LogP contribution >= 0.6 is 0 Å². The monoisotopic (exact) mass is 288 g/mol. The van der Waals surface area contributed by atoms with Gasteiger partial charge in [-0.05, 0) is 31.4 Å². The fourth-order valence-corrected chi connectivity index (χ4v) is 2.62. The van der Waals surface area contributed by atoms with Crippen molar-refractivity contribution in [2.45, 2.75) is 12.8 Å². The molecule has 21 heavy (non-hydrogen) atoms. The number of pyridine rings is 1. The Hall–Kier alpha value is -2.15. The van der Waals surface area contributed by atoms with Crippen LogP contribution in [0.5, 0.6) is 5.75 Å². The highest BCUT2D eigenvalue weighted by molar-refractivity contribution is 5.63. The third-order valence-electron chi connectivity index (χ3n) is 3.96. The second-order valence-corrected chi connectivity index (χ2v) is 5.23. The van der Waals surface area contributed by atoms with Crippen LogP contribution in [0.3, 0.4) is 0 Å². The maximum absolute atomic E-state index is 5.72. The summed E-state index contributed by atoms with van der Waals surface area (Å²) in [4.78, 5) is 10.8. The van der Waals surface area contributed by atoms with Gasteiger partial charge in [0, 0.05) is 19.3 Å². The largest absolute Gasteiger partial charge is 0.494 e. The molecule has 3 heterocycles. The highest BCUT2D eigenvalue weighted by Crippen LogP contribution is 2.27. The zero-order valence-electron chi connectivity index (χ0n) is 12.1. The summed E-state index contributed by atoms with van der Waals surface area (Å²) in [6, 6.07) is 1.86. The first-order valence-corrected chi connectivity index (χ1v) is 7.17. The average Bonchev–Trinajstić information content (AvgIpc) is 3.04. The number of ether oxygens (including phenoxy) is 1. The van der Waals surface area contributed by atoms with Gasteiger partial charge < -0.3 is 15.4 Å². The van der Waals surface area contributed by atoms with Crippen LogP contribution < -0.4 is 15.4 Å². The topological polar surface area (TPSA) is 93.0 Å². The number of hydrogen-bond donors (Lipinski definition) is 2. The van der Waals surface area contributed by atoms with E-state index in [0.717, 1.165) is 44.0 Å². The molecule has 2 aromatic rings. The van der Waals surface area contributed by atoms with Crippen LogP contribution in [0, 0.1) is 5.92 Å². The third-order valence-corrected chi connectivity index (χ3v) is 3.96. The molecule has 1 aliphatic heterocycles. The lowest BCUT2D eigenvalue weighted by Gasteiger charge is -2.30. The Bertz CT molecular complexity index is 591. The van der Waals surface area contributed by atoms with E-state index in [2.05, 4.69) is 25.1 Å². The van der Waals surface area contributed by atoms with Crippen molar-refractivity contribution in [2.75, 3.05) is 31.6 Å². The van der Waals surface area contributed by atoms with E-state index in [1.54, 1.807) is 19.5 Å². The number of aromatic nitrogens is 4. The van der Waals surface area contributed by atoms with Crippen molar-refractivity contribution >= 4 is 5.95 Å². The van der Waals surface area contributed by atoms with E-state index < -0.39 is 0 Å². The highest BCUT2D eigenvalue weighted by Gasteiger charge is 2.21. The van der Waals surface area contributed by atoms with Gasteiger partial charge >= 0.3 is 0 Å². The Balaban J connectivity index is 1.78. The summed E-state index contributed by atoms with van der Waals surface area (Å²) < 4.78 is 5.31. The second-order valence-electron chi connectivity index (χ2n) is 5.23. The van der Waals surface area contributed by atoms with Gasteiger partial charge in [0.25, 0.3) is 0 Å². The third kappa shape index (κ3) is 2.82. The first-order valence-electron chi connectivity index (χ1n) is 7.17. The number of aromatic amines is 1. The summed E-state index contributed by atoms with van der Waals surface area (Å²) in [5.41, 5.74) is 6.59. The molecule has 2 aromatic heterocycles. The Kier molecular flexibility index (Phi) is 4.01. The summed E-state index contributed by atoms with van der Waals surface area (Å²) in [6.45, 7) is 2.67. The molecular formula is C14H20N6O. The number of H-pyrrole nitrogens is 1. The predicted octanol–water partition coefficient (Wildman–Crippen LogP) is 1.05. The SMILES string of the molecule is COc1cnccc1-c1nc(N2CCC(CN)CC2)n[nH]1. The van der Waals surface area contributed by atoms with Crippen molar-refractivity contribution < 1.29 is 4.74 Å². The molecule has 7 heteroatoms. The predicted molar refractivity (Wildman–Crippen MR) is 80.2 cm³/mol. The van der Waals surface area contributed by atoms with Crippen LogP contribution in [0.25, 0.3) is 11.4 Å². The lowest BCUT2D eigenvalue weighted by molar-refractivity contribution is 0.411. The van der Waals surface area contributed by atoms with Crippen LogP contribution in [0.4, 0.5) is 5.95 Å². The van der Waals surface area contributed by atoms with E-state index in [1.165, 1.54) is 0 Å². The Morgan fingerprint density at radius 2 is 2.24 bits per heavy atom. The Labute approximate surface area is 123 Å². The van der Waals surface area contributed by atoms with Gasteiger partial charge in [-0.3, -0.25) is 10.1 Å². The average molecular weight is 288 g/mol. The molecule has 3 rings (SSSR count). The maximum atomic E-state index is 5.72. The Morgan fingerprint density at radius 1 is 1.43 bits per heavy atom. The number of nitrogens with zero attached hydrogens (tertiary/aromatic N) is 4. The molecule has 0 aromatic carbocycles. The van der Waals surface area contributed by atoms with Crippen LogP contribution in [0.1, 0.15) is 12.8 Å². The lowest BCUT2D eigenvalue weighted by atomic mass is 9.97. The second kappa shape index (κ2) is 6.09. The minimum Gasteiger partial charge on any atom is -0.494 e. The zero-order chi connectivity index (χ0) is 14.7. The van der Waals surface area contributed by atoms with Crippen LogP contribution in [0.2, 0.25) is 0 Å². The van der Waals surface area contributed by atoms with Crippen molar-refractivity contribution in [2.24, 2.45) is 11.7 Å². The Morgan fingerprint density at radius 3 is 2.95 bits per heavy atom. The van der Waals surface area contributed by atoms with Crippen LogP contribution in [-0.2, 0) is 0 Å². The molecule has 0 aliphatic carbocycles. The first kappa shape index (κ1) is 13.8. The molecule has 0 radical (unpaired) electrons. The quantitative estimate of drug-likeness (QED) is 0.873. The molecule has 0 amide bonds. The van der Waals surface area contributed by atoms with Gasteiger partial charge in [0.15, 0.2) is 5.82 Å². The minimum absolute atomic E-state index is 0.625. The number of methoxy groups -OCH3 is 1.